The van der Waals surface area contributed by atoms with E-state index < -0.39 is 5.82 Å². The molecule has 0 saturated carbocycles. The Morgan fingerprint density at radius 1 is 1.33 bits per heavy atom. The Hall–Kier alpha value is -1.68. The van der Waals surface area contributed by atoms with Gasteiger partial charge >= 0.3 is 0 Å². The van der Waals surface area contributed by atoms with Crippen LogP contribution in [-0.4, -0.2) is 16.5 Å². The second-order valence-electron chi connectivity index (χ2n) is 3.84. The van der Waals surface area contributed by atoms with Crippen LogP contribution in [0.3, 0.4) is 0 Å². The summed E-state index contributed by atoms with van der Waals surface area (Å²) in [6.07, 6.45) is 4.14. The van der Waals surface area contributed by atoms with Gasteiger partial charge in [-0.05, 0) is 24.6 Å². The van der Waals surface area contributed by atoms with Gasteiger partial charge in [0.25, 0.3) is 0 Å². The summed E-state index contributed by atoms with van der Waals surface area (Å²) in [6, 6.07) is 4.50. The minimum Gasteiger partial charge on any atom is -0.369 e. The van der Waals surface area contributed by atoms with Gasteiger partial charge in [0, 0.05) is 17.1 Å². The number of nitrogens with one attached hydrogen (secondary N) is 1. The topological polar surface area (TPSA) is 37.8 Å². The van der Waals surface area contributed by atoms with E-state index in [0.717, 1.165) is 13.0 Å². The van der Waals surface area contributed by atoms with Crippen LogP contribution in [0.4, 0.5) is 10.2 Å². The predicted molar refractivity (Wildman–Crippen MR) is 71.2 cm³/mol. The maximum atomic E-state index is 13.7. The molecule has 18 heavy (non-hydrogen) atoms. The zero-order valence-electron chi connectivity index (χ0n) is 9.95. The molecule has 0 amide bonds. The van der Waals surface area contributed by atoms with E-state index in [1.165, 1.54) is 12.3 Å². The minimum absolute atomic E-state index is 0.365. The van der Waals surface area contributed by atoms with Gasteiger partial charge in [0.15, 0.2) is 0 Å². The molecule has 2 aromatic rings. The summed E-state index contributed by atoms with van der Waals surface area (Å²) < 4.78 is 13.7. The summed E-state index contributed by atoms with van der Waals surface area (Å²) in [5, 5.41) is 3.48. The molecule has 0 bridgehead atoms. The fraction of sp³-hybridized carbons (Fsp3) is 0.231. The van der Waals surface area contributed by atoms with Crippen molar-refractivity contribution in [2.75, 3.05) is 11.9 Å². The number of benzene rings is 1. The van der Waals surface area contributed by atoms with E-state index in [1.54, 1.807) is 18.3 Å². The maximum Gasteiger partial charge on any atom is 0.145 e. The van der Waals surface area contributed by atoms with Gasteiger partial charge in [-0.15, -0.1) is 0 Å². The summed E-state index contributed by atoms with van der Waals surface area (Å²) in [5.41, 5.74) is 0.886. The molecule has 0 aliphatic rings. The lowest BCUT2D eigenvalue weighted by Crippen LogP contribution is -2.03. The third kappa shape index (κ3) is 2.96. The van der Waals surface area contributed by atoms with Crippen molar-refractivity contribution in [2.24, 2.45) is 0 Å². The number of aromatic nitrogens is 2. The standard InChI is InChI=1S/C13H13ClFN3/c1-2-5-17-13-8-16-7-12(18-13)10-4-3-9(14)6-11(10)15/h3-4,6-8H,2,5H2,1H3,(H,17,18). The van der Waals surface area contributed by atoms with Gasteiger partial charge in [0.05, 0.1) is 18.1 Å². The number of rotatable bonds is 4. The van der Waals surface area contributed by atoms with E-state index >= 15 is 0 Å². The van der Waals surface area contributed by atoms with Crippen molar-refractivity contribution in [1.82, 2.24) is 9.97 Å². The molecule has 2 rings (SSSR count). The Morgan fingerprint density at radius 3 is 2.89 bits per heavy atom. The smallest absolute Gasteiger partial charge is 0.145 e. The molecular weight excluding hydrogens is 253 g/mol. The number of hydrogen-bond acceptors (Lipinski definition) is 3. The predicted octanol–water partition coefficient (Wildman–Crippen LogP) is 3.76. The highest BCUT2D eigenvalue weighted by molar-refractivity contribution is 6.30. The average molecular weight is 266 g/mol. The van der Waals surface area contributed by atoms with E-state index in [1.807, 2.05) is 0 Å². The maximum absolute atomic E-state index is 13.7. The van der Waals surface area contributed by atoms with E-state index in [4.69, 9.17) is 11.6 Å². The molecule has 0 saturated heterocycles. The average Bonchev–Trinajstić information content (AvgIpc) is 2.36. The van der Waals surface area contributed by atoms with Crippen LogP contribution >= 0.6 is 11.6 Å². The number of halogens is 2. The van der Waals surface area contributed by atoms with Crippen molar-refractivity contribution in [2.45, 2.75) is 13.3 Å². The molecule has 94 valence electrons. The van der Waals surface area contributed by atoms with Gasteiger partial charge in [-0.25, -0.2) is 9.37 Å². The molecule has 3 nitrogen and oxygen atoms in total. The lowest BCUT2D eigenvalue weighted by molar-refractivity contribution is 0.630. The molecule has 5 heteroatoms. The monoisotopic (exact) mass is 265 g/mol. The molecular formula is C13H13ClFN3. The molecule has 0 spiro atoms. The zero-order chi connectivity index (χ0) is 13.0. The van der Waals surface area contributed by atoms with Crippen LogP contribution in [0.1, 0.15) is 13.3 Å². The Morgan fingerprint density at radius 2 is 2.17 bits per heavy atom. The summed E-state index contributed by atoms with van der Waals surface area (Å²) >= 11 is 5.72. The quantitative estimate of drug-likeness (QED) is 0.915. The molecule has 0 atom stereocenters. The molecule has 0 unspecified atom stereocenters. The molecule has 0 fully saturated rings. The Kier molecular flexibility index (Phi) is 4.10. The molecule has 1 heterocycles. The highest BCUT2D eigenvalue weighted by Gasteiger charge is 2.08. The van der Waals surface area contributed by atoms with E-state index in [9.17, 15) is 4.39 Å². The van der Waals surface area contributed by atoms with Gasteiger partial charge in [-0.3, -0.25) is 4.98 Å². The van der Waals surface area contributed by atoms with Crippen molar-refractivity contribution < 1.29 is 4.39 Å². The van der Waals surface area contributed by atoms with Gasteiger partial charge in [0.2, 0.25) is 0 Å². The molecule has 0 aliphatic carbocycles. The molecule has 1 aromatic carbocycles. The zero-order valence-corrected chi connectivity index (χ0v) is 10.7. The van der Waals surface area contributed by atoms with Crippen molar-refractivity contribution in [3.63, 3.8) is 0 Å². The SMILES string of the molecule is CCCNc1cncc(-c2ccc(Cl)cc2F)n1. The van der Waals surface area contributed by atoms with Crippen LogP contribution in [0, 0.1) is 5.82 Å². The third-order valence-corrected chi connectivity index (χ3v) is 2.63. The lowest BCUT2D eigenvalue weighted by atomic mass is 10.1. The van der Waals surface area contributed by atoms with Gasteiger partial charge < -0.3 is 5.32 Å². The molecule has 0 radical (unpaired) electrons. The fourth-order valence-corrected chi connectivity index (χ4v) is 1.69. The third-order valence-electron chi connectivity index (χ3n) is 2.40. The first-order chi connectivity index (χ1) is 8.70. The Bertz CT molecular complexity index is 546. The number of hydrogen-bond donors (Lipinski definition) is 1. The first kappa shape index (κ1) is 12.8. The highest BCUT2D eigenvalue weighted by Crippen LogP contribution is 2.24. The van der Waals surface area contributed by atoms with E-state index in [0.29, 0.717) is 22.1 Å². The van der Waals surface area contributed by atoms with Crippen molar-refractivity contribution >= 4 is 17.4 Å². The largest absolute Gasteiger partial charge is 0.369 e. The highest BCUT2D eigenvalue weighted by atomic mass is 35.5. The molecule has 1 N–H and O–H groups in total. The van der Waals surface area contributed by atoms with Gasteiger partial charge in [-0.2, -0.15) is 0 Å². The van der Waals surface area contributed by atoms with Crippen LogP contribution in [0.25, 0.3) is 11.3 Å². The van der Waals surface area contributed by atoms with Gasteiger partial charge in [0.1, 0.15) is 11.6 Å². The minimum atomic E-state index is -0.399. The van der Waals surface area contributed by atoms with Crippen LogP contribution in [-0.2, 0) is 0 Å². The van der Waals surface area contributed by atoms with Crippen molar-refractivity contribution in [3.8, 4) is 11.3 Å². The van der Waals surface area contributed by atoms with Crippen LogP contribution in [0.5, 0.6) is 0 Å². The normalized spacial score (nSPS) is 10.4. The molecule has 1 aromatic heterocycles. The van der Waals surface area contributed by atoms with Crippen LogP contribution < -0.4 is 5.32 Å². The Labute approximate surface area is 110 Å². The summed E-state index contributed by atoms with van der Waals surface area (Å²) in [4.78, 5) is 8.37. The van der Waals surface area contributed by atoms with E-state index in [2.05, 4.69) is 22.2 Å². The number of anilines is 1. The first-order valence-corrected chi connectivity index (χ1v) is 6.10. The van der Waals surface area contributed by atoms with E-state index in [-0.39, 0.29) is 0 Å². The van der Waals surface area contributed by atoms with Crippen LogP contribution in [0.2, 0.25) is 5.02 Å². The summed E-state index contributed by atoms with van der Waals surface area (Å²) in [7, 11) is 0. The Balaban J connectivity index is 2.32. The molecule has 0 aliphatic heterocycles. The van der Waals surface area contributed by atoms with Crippen LogP contribution in [0.15, 0.2) is 30.6 Å². The van der Waals surface area contributed by atoms with Crippen molar-refractivity contribution in [3.05, 3.63) is 41.4 Å². The van der Waals surface area contributed by atoms with Gasteiger partial charge in [-0.1, -0.05) is 18.5 Å². The fourth-order valence-electron chi connectivity index (χ4n) is 1.53. The lowest BCUT2D eigenvalue weighted by Gasteiger charge is -2.06. The summed E-state index contributed by atoms with van der Waals surface area (Å²) in [5.74, 6) is 0.244. The number of nitrogens with zero attached hydrogens (tertiary/aromatic N) is 2. The second kappa shape index (κ2) is 5.78. The summed E-state index contributed by atoms with van der Waals surface area (Å²) in [6.45, 7) is 2.87. The first-order valence-electron chi connectivity index (χ1n) is 5.72. The van der Waals surface area contributed by atoms with Crippen molar-refractivity contribution in [1.29, 1.82) is 0 Å². The second-order valence-corrected chi connectivity index (χ2v) is 4.28.